The van der Waals surface area contributed by atoms with Gasteiger partial charge in [0.15, 0.2) is 11.5 Å². The number of hydrogen-bond acceptors (Lipinski definition) is 6. The second-order valence-corrected chi connectivity index (χ2v) is 9.62. The Kier molecular flexibility index (Phi) is 11.0. The molecule has 1 saturated heterocycles. The Morgan fingerprint density at radius 3 is 2.15 bits per heavy atom. The molecule has 9 heteroatoms. The van der Waals surface area contributed by atoms with E-state index >= 15 is 0 Å². The van der Waals surface area contributed by atoms with E-state index in [1.807, 2.05) is 43.3 Å². The summed E-state index contributed by atoms with van der Waals surface area (Å²) in [5, 5.41) is 2.88. The molecule has 3 amide bonds. The standard InChI is InChI=1S/C30H41N3O6/c1-6-8-9-10-15-31-27(34)19-32-20-28(35)33(7-2)24(30(32)36)16-21-11-13-22(14-12-21)23-17-25(37-3)29(39-5)26(18-23)38-4/h11-14,17-18,24H,6-10,15-16,19-20H2,1-5H3,(H,31,34)/t24-/m0/s1. The van der Waals surface area contributed by atoms with Crippen LogP contribution in [0.4, 0.5) is 0 Å². The Morgan fingerprint density at radius 2 is 1.59 bits per heavy atom. The van der Waals surface area contributed by atoms with E-state index < -0.39 is 6.04 Å². The van der Waals surface area contributed by atoms with E-state index in [2.05, 4.69) is 12.2 Å². The molecule has 1 aliphatic heterocycles. The van der Waals surface area contributed by atoms with Gasteiger partial charge in [-0.2, -0.15) is 0 Å². The van der Waals surface area contributed by atoms with Gasteiger partial charge in [-0.25, -0.2) is 0 Å². The number of nitrogens with zero attached hydrogens (tertiary/aromatic N) is 2. The number of methoxy groups -OCH3 is 3. The average molecular weight is 540 g/mol. The van der Waals surface area contributed by atoms with Crippen molar-refractivity contribution in [3.8, 4) is 28.4 Å². The van der Waals surface area contributed by atoms with Crippen molar-refractivity contribution in [2.24, 2.45) is 0 Å². The second kappa shape index (κ2) is 14.4. The fourth-order valence-corrected chi connectivity index (χ4v) is 4.89. The van der Waals surface area contributed by atoms with E-state index in [0.717, 1.165) is 42.4 Å². The summed E-state index contributed by atoms with van der Waals surface area (Å²) in [6, 6.07) is 10.9. The zero-order valence-electron chi connectivity index (χ0n) is 23.7. The largest absolute Gasteiger partial charge is 0.493 e. The van der Waals surface area contributed by atoms with E-state index in [9.17, 15) is 14.4 Å². The lowest BCUT2D eigenvalue weighted by Crippen LogP contribution is -2.61. The number of nitrogens with one attached hydrogen (secondary N) is 1. The van der Waals surface area contributed by atoms with Crippen LogP contribution in [0.15, 0.2) is 36.4 Å². The van der Waals surface area contributed by atoms with Crippen LogP contribution < -0.4 is 19.5 Å². The van der Waals surface area contributed by atoms with E-state index in [1.54, 1.807) is 26.2 Å². The molecule has 0 aliphatic carbocycles. The van der Waals surface area contributed by atoms with E-state index in [0.29, 0.717) is 36.8 Å². The monoisotopic (exact) mass is 539 g/mol. The maximum absolute atomic E-state index is 13.4. The second-order valence-electron chi connectivity index (χ2n) is 9.62. The zero-order valence-corrected chi connectivity index (χ0v) is 23.7. The van der Waals surface area contributed by atoms with Crippen LogP contribution in [0.1, 0.15) is 45.1 Å². The zero-order chi connectivity index (χ0) is 28.4. The minimum atomic E-state index is -0.652. The van der Waals surface area contributed by atoms with Crippen LogP contribution >= 0.6 is 0 Å². The SMILES string of the molecule is CCCCCCNC(=O)CN1CC(=O)N(CC)[C@@H](Cc2ccc(-c3cc(OC)c(OC)c(OC)c3)cc2)C1=O. The lowest BCUT2D eigenvalue weighted by Gasteiger charge is -2.39. The summed E-state index contributed by atoms with van der Waals surface area (Å²) in [4.78, 5) is 41.7. The number of hydrogen-bond donors (Lipinski definition) is 1. The Labute approximate surface area is 231 Å². The summed E-state index contributed by atoms with van der Waals surface area (Å²) in [5.74, 6) is 1.07. The topological polar surface area (TPSA) is 97.4 Å². The van der Waals surface area contributed by atoms with Crippen LogP contribution in [0.3, 0.4) is 0 Å². The van der Waals surface area contributed by atoms with E-state index in [1.165, 1.54) is 4.90 Å². The molecule has 1 fully saturated rings. The average Bonchev–Trinajstić information content (AvgIpc) is 2.95. The molecule has 212 valence electrons. The first-order chi connectivity index (χ1) is 18.9. The van der Waals surface area contributed by atoms with Crippen LogP contribution in [-0.4, -0.2) is 81.1 Å². The first kappa shape index (κ1) is 29.8. The van der Waals surface area contributed by atoms with Gasteiger partial charge in [0.1, 0.15) is 19.1 Å². The van der Waals surface area contributed by atoms with Crippen LogP contribution in [0.25, 0.3) is 11.1 Å². The molecule has 1 heterocycles. The highest BCUT2D eigenvalue weighted by Crippen LogP contribution is 2.41. The molecule has 0 unspecified atom stereocenters. The van der Waals surface area contributed by atoms with Crippen molar-refractivity contribution in [2.75, 3.05) is 47.5 Å². The first-order valence-corrected chi connectivity index (χ1v) is 13.6. The number of carbonyl (C=O) groups is 3. The quantitative estimate of drug-likeness (QED) is 0.368. The molecule has 0 spiro atoms. The lowest BCUT2D eigenvalue weighted by molar-refractivity contribution is -0.156. The normalized spacial score (nSPS) is 15.4. The van der Waals surface area contributed by atoms with Gasteiger partial charge in [0, 0.05) is 19.5 Å². The molecule has 3 rings (SSSR count). The lowest BCUT2D eigenvalue weighted by atomic mass is 9.97. The number of unbranched alkanes of at least 4 members (excludes halogenated alkanes) is 3. The van der Waals surface area contributed by atoms with Crippen LogP contribution in [-0.2, 0) is 20.8 Å². The van der Waals surface area contributed by atoms with Crippen molar-refractivity contribution < 1.29 is 28.6 Å². The van der Waals surface area contributed by atoms with Crippen LogP contribution in [0.5, 0.6) is 17.2 Å². The minimum absolute atomic E-state index is 0.0769. The van der Waals surface area contributed by atoms with Gasteiger partial charge in [-0.3, -0.25) is 14.4 Å². The fourth-order valence-electron chi connectivity index (χ4n) is 4.89. The highest BCUT2D eigenvalue weighted by Gasteiger charge is 2.39. The van der Waals surface area contributed by atoms with Crippen molar-refractivity contribution in [1.29, 1.82) is 0 Å². The number of piperazine rings is 1. The van der Waals surface area contributed by atoms with Gasteiger partial charge in [-0.1, -0.05) is 50.5 Å². The molecule has 9 nitrogen and oxygen atoms in total. The first-order valence-electron chi connectivity index (χ1n) is 13.6. The number of amides is 3. The van der Waals surface area contributed by atoms with Crippen LogP contribution in [0, 0.1) is 0 Å². The van der Waals surface area contributed by atoms with Gasteiger partial charge in [0.2, 0.25) is 23.5 Å². The third-order valence-corrected chi connectivity index (χ3v) is 7.03. The van der Waals surface area contributed by atoms with Crippen molar-refractivity contribution in [3.63, 3.8) is 0 Å². The highest BCUT2D eigenvalue weighted by molar-refractivity contribution is 5.97. The molecule has 0 aromatic heterocycles. The van der Waals surface area contributed by atoms with Crippen molar-refractivity contribution >= 4 is 17.7 Å². The third-order valence-electron chi connectivity index (χ3n) is 7.03. The number of ether oxygens (including phenoxy) is 3. The number of benzene rings is 2. The van der Waals surface area contributed by atoms with E-state index in [-0.39, 0.29) is 30.8 Å². The molecule has 0 bridgehead atoms. The molecule has 39 heavy (non-hydrogen) atoms. The van der Waals surface area contributed by atoms with Gasteiger partial charge in [-0.15, -0.1) is 0 Å². The Morgan fingerprint density at radius 1 is 0.923 bits per heavy atom. The summed E-state index contributed by atoms with van der Waals surface area (Å²) in [5.41, 5.74) is 2.74. The van der Waals surface area contributed by atoms with Gasteiger partial charge >= 0.3 is 0 Å². The van der Waals surface area contributed by atoms with Gasteiger partial charge in [0.05, 0.1) is 21.3 Å². The summed E-state index contributed by atoms with van der Waals surface area (Å²) in [6.45, 7) is 4.83. The molecular formula is C30H41N3O6. The third kappa shape index (κ3) is 7.43. The van der Waals surface area contributed by atoms with Crippen LogP contribution in [0.2, 0.25) is 0 Å². The molecule has 2 aromatic rings. The number of carbonyl (C=O) groups excluding carboxylic acids is 3. The predicted molar refractivity (Wildman–Crippen MR) is 150 cm³/mol. The number of rotatable bonds is 14. The van der Waals surface area contributed by atoms with Gasteiger partial charge < -0.3 is 29.3 Å². The van der Waals surface area contributed by atoms with E-state index in [4.69, 9.17) is 14.2 Å². The Bertz CT molecular complexity index is 1110. The fraction of sp³-hybridized carbons (Fsp3) is 0.500. The van der Waals surface area contributed by atoms with Gasteiger partial charge in [0.25, 0.3) is 0 Å². The van der Waals surface area contributed by atoms with Crippen molar-refractivity contribution in [3.05, 3.63) is 42.0 Å². The molecular weight excluding hydrogens is 498 g/mol. The molecule has 1 aliphatic rings. The smallest absolute Gasteiger partial charge is 0.246 e. The summed E-state index contributed by atoms with van der Waals surface area (Å²) in [6.07, 6.45) is 4.59. The molecule has 2 aromatic carbocycles. The van der Waals surface area contributed by atoms with Crippen molar-refractivity contribution in [1.82, 2.24) is 15.1 Å². The minimum Gasteiger partial charge on any atom is -0.493 e. The van der Waals surface area contributed by atoms with Gasteiger partial charge in [-0.05, 0) is 42.2 Å². The Balaban J connectivity index is 1.72. The molecule has 0 saturated carbocycles. The Hall–Kier alpha value is -3.75. The number of likely N-dealkylation sites (N-methyl/N-ethyl adjacent to an activating group) is 1. The summed E-state index contributed by atoms with van der Waals surface area (Å²) in [7, 11) is 4.72. The maximum Gasteiger partial charge on any atom is 0.246 e. The molecule has 1 atom stereocenters. The van der Waals surface area contributed by atoms with Crippen molar-refractivity contribution in [2.45, 2.75) is 52.0 Å². The molecule has 1 N–H and O–H groups in total. The predicted octanol–water partition coefficient (Wildman–Crippen LogP) is 3.68. The summed E-state index contributed by atoms with van der Waals surface area (Å²) >= 11 is 0. The highest BCUT2D eigenvalue weighted by atomic mass is 16.5. The summed E-state index contributed by atoms with van der Waals surface area (Å²) < 4.78 is 16.4. The molecule has 0 radical (unpaired) electrons. The maximum atomic E-state index is 13.4.